The van der Waals surface area contributed by atoms with E-state index in [0.29, 0.717) is 12.5 Å². The SMILES string of the molecule is NSc1ccc(OCCCCl)cc1. The number of alkyl halides is 1. The zero-order valence-electron chi connectivity index (χ0n) is 7.20. The molecule has 0 atom stereocenters. The van der Waals surface area contributed by atoms with Crippen LogP contribution in [-0.2, 0) is 0 Å². The first-order valence-electron chi connectivity index (χ1n) is 4.02. The Morgan fingerprint density at radius 3 is 2.54 bits per heavy atom. The Morgan fingerprint density at radius 2 is 2.00 bits per heavy atom. The highest BCUT2D eigenvalue weighted by molar-refractivity contribution is 7.97. The van der Waals surface area contributed by atoms with E-state index in [0.717, 1.165) is 17.1 Å². The van der Waals surface area contributed by atoms with E-state index in [4.69, 9.17) is 21.5 Å². The highest BCUT2D eigenvalue weighted by Gasteiger charge is 1.93. The molecule has 0 bridgehead atoms. The van der Waals surface area contributed by atoms with Gasteiger partial charge >= 0.3 is 0 Å². The van der Waals surface area contributed by atoms with Crippen LogP contribution in [0, 0.1) is 0 Å². The number of ether oxygens (including phenoxy) is 1. The predicted octanol–water partition coefficient (Wildman–Crippen LogP) is 2.66. The third-order valence-corrected chi connectivity index (χ3v) is 2.32. The van der Waals surface area contributed by atoms with Crippen molar-refractivity contribution in [3.8, 4) is 5.75 Å². The Balaban J connectivity index is 2.40. The summed E-state index contributed by atoms with van der Waals surface area (Å²) in [6.45, 7) is 0.665. The Labute approximate surface area is 87.5 Å². The average Bonchev–Trinajstić information content (AvgIpc) is 2.19. The third-order valence-electron chi connectivity index (χ3n) is 1.51. The van der Waals surface area contributed by atoms with Crippen molar-refractivity contribution in [3.63, 3.8) is 0 Å². The Morgan fingerprint density at radius 1 is 1.31 bits per heavy atom. The van der Waals surface area contributed by atoms with E-state index in [-0.39, 0.29) is 0 Å². The normalized spacial score (nSPS) is 10.0. The molecule has 0 saturated carbocycles. The maximum absolute atomic E-state index is 5.52. The van der Waals surface area contributed by atoms with Crippen LogP contribution >= 0.6 is 23.5 Å². The fourth-order valence-corrected chi connectivity index (χ4v) is 1.26. The van der Waals surface area contributed by atoms with E-state index < -0.39 is 0 Å². The summed E-state index contributed by atoms with van der Waals surface area (Å²) in [4.78, 5) is 1.03. The van der Waals surface area contributed by atoms with Gasteiger partial charge in [-0.05, 0) is 42.6 Å². The number of hydrogen-bond acceptors (Lipinski definition) is 3. The number of nitrogens with two attached hydrogens (primary N) is 1. The van der Waals surface area contributed by atoms with Gasteiger partial charge in [-0.15, -0.1) is 11.6 Å². The van der Waals surface area contributed by atoms with Crippen LogP contribution in [0.1, 0.15) is 6.42 Å². The summed E-state index contributed by atoms with van der Waals surface area (Å²) in [7, 11) is 0. The zero-order chi connectivity index (χ0) is 9.52. The molecule has 0 aliphatic heterocycles. The molecule has 0 amide bonds. The summed E-state index contributed by atoms with van der Waals surface area (Å²) in [5.74, 6) is 1.50. The van der Waals surface area contributed by atoms with Crippen molar-refractivity contribution in [2.45, 2.75) is 11.3 Å². The molecule has 0 saturated heterocycles. The Bertz CT molecular complexity index is 240. The zero-order valence-corrected chi connectivity index (χ0v) is 8.77. The highest BCUT2D eigenvalue weighted by atomic mass is 35.5. The molecule has 1 rings (SSSR count). The van der Waals surface area contributed by atoms with Gasteiger partial charge in [-0.1, -0.05) is 0 Å². The van der Waals surface area contributed by atoms with Gasteiger partial charge in [0.2, 0.25) is 0 Å². The minimum atomic E-state index is 0.636. The van der Waals surface area contributed by atoms with Gasteiger partial charge in [0.15, 0.2) is 0 Å². The summed E-state index contributed by atoms with van der Waals surface area (Å²) in [5, 5.41) is 5.38. The molecule has 0 spiro atoms. The molecule has 0 fully saturated rings. The largest absolute Gasteiger partial charge is 0.494 e. The highest BCUT2D eigenvalue weighted by Crippen LogP contribution is 2.17. The quantitative estimate of drug-likeness (QED) is 0.468. The van der Waals surface area contributed by atoms with Gasteiger partial charge in [0.05, 0.1) is 6.61 Å². The third kappa shape index (κ3) is 3.89. The standard InChI is InChI=1S/C9H12ClNOS/c10-6-1-7-12-8-2-4-9(13-11)5-3-8/h2-5H,1,6-7,11H2. The van der Waals surface area contributed by atoms with Crippen molar-refractivity contribution >= 4 is 23.5 Å². The molecular weight excluding hydrogens is 206 g/mol. The van der Waals surface area contributed by atoms with Crippen molar-refractivity contribution in [2.75, 3.05) is 12.5 Å². The molecule has 0 radical (unpaired) electrons. The Hall–Kier alpha value is -0.380. The summed E-state index contributed by atoms with van der Waals surface area (Å²) in [6, 6.07) is 7.67. The van der Waals surface area contributed by atoms with Crippen LogP contribution in [0.3, 0.4) is 0 Å². The smallest absolute Gasteiger partial charge is 0.119 e. The number of rotatable bonds is 5. The first-order valence-corrected chi connectivity index (χ1v) is 5.44. The lowest BCUT2D eigenvalue weighted by Gasteiger charge is -2.04. The average molecular weight is 218 g/mol. The van der Waals surface area contributed by atoms with Crippen LogP contribution in [0.4, 0.5) is 0 Å². The molecule has 0 aliphatic carbocycles. The second kappa shape index (κ2) is 6.13. The van der Waals surface area contributed by atoms with Crippen LogP contribution in [-0.4, -0.2) is 12.5 Å². The molecule has 1 aromatic carbocycles. The second-order valence-electron chi connectivity index (χ2n) is 2.48. The lowest BCUT2D eigenvalue weighted by molar-refractivity contribution is 0.318. The van der Waals surface area contributed by atoms with E-state index in [9.17, 15) is 0 Å². The molecule has 0 aliphatic rings. The minimum Gasteiger partial charge on any atom is -0.494 e. The van der Waals surface area contributed by atoms with Crippen molar-refractivity contribution in [1.29, 1.82) is 0 Å². The number of benzene rings is 1. The first-order chi connectivity index (χ1) is 6.36. The lowest BCUT2D eigenvalue weighted by atomic mass is 10.3. The summed E-state index contributed by atoms with van der Waals surface area (Å²) < 4.78 is 5.41. The van der Waals surface area contributed by atoms with Gasteiger partial charge in [-0.25, -0.2) is 0 Å². The fraction of sp³-hybridized carbons (Fsp3) is 0.333. The Kier molecular flexibility index (Phi) is 5.05. The maximum Gasteiger partial charge on any atom is 0.119 e. The number of hydrogen-bond donors (Lipinski definition) is 1. The van der Waals surface area contributed by atoms with Crippen molar-refractivity contribution in [1.82, 2.24) is 0 Å². The van der Waals surface area contributed by atoms with Gasteiger partial charge in [0.25, 0.3) is 0 Å². The van der Waals surface area contributed by atoms with Crippen molar-refractivity contribution in [3.05, 3.63) is 24.3 Å². The van der Waals surface area contributed by atoms with E-state index in [1.807, 2.05) is 24.3 Å². The molecule has 13 heavy (non-hydrogen) atoms. The van der Waals surface area contributed by atoms with Gasteiger partial charge in [-0.3, -0.25) is 5.14 Å². The topological polar surface area (TPSA) is 35.2 Å². The minimum absolute atomic E-state index is 0.636. The van der Waals surface area contributed by atoms with Crippen LogP contribution in [0.5, 0.6) is 5.75 Å². The van der Waals surface area contributed by atoms with Crippen LogP contribution in [0.2, 0.25) is 0 Å². The van der Waals surface area contributed by atoms with Gasteiger partial charge in [-0.2, -0.15) is 0 Å². The van der Waals surface area contributed by atoms with E-state index >= 15 is 0 Å². The number of halogens is 1. The molecule has 1 aromatic rings. The van der Waals surface area contributed by atoms with E-state index in [1.165, 1.54) is 11.9 Å². The lowest BCUT2D eigenvalue weighted by Crippen LogP contribution is -1.97. The fourth-order valence-electron chi connectivity index (χ4n) is 0.859. The van der Waals surface area contributed by atoms with Crippen molar-refractivity contribution in [2.24, 2.45) is 5.14 Å². The monoisotopic (exact) mass is 217 g/mol. The molecular formula is C9H12ClNOS. The van der Waals surface area contributed by atoms with E-state index in [1.54, 1.807) is 0 Å². The van der Waals surface area contributed by atoms with Crippen LogP contribution in [0.15, 0.2) is 29.2 Å². The molecule has 2 nitrogen and oxygen atoms in total. The van der Waals surface area contributed by atoms with Crippen molar-refractivity contribution < 1.29 is 4.74 Å². The first kappa shape index (κ1) is 10.7. The molecule has 2 N–H and O–H groups in total. The van der Waals surface area contributed by atoms with Gasteiger partial charge < -0.3 is 4.74 Å². The van der Waals surface area contributed by atoms with Gasteiger partial charge in [0, 0.05) is 10.8 Å². The summed E-state index contributed by atoms with van der Waals surface area (Å²) >= 11 is 6.74. The van der Waals surface area contributed by atoms with Crippen LogP contribution in [0.25, 0.3) is 0 Å². The van der Waals surface area contributed by atoms with E-state index in [2.05, 4.69) is 0 Å². The molecule has 0 heterocycles. The summed E-state index contributed by atoms with van der Waals surface area (Å²) in [6.07, 6.45) is 0.870. The molecule has 4 heteroatoms. The molecule has 0 unspecified atom stereocenters. The summed E-state index contributed by atoms with van der Waals surface area (Å²) in [5.41, 5.74) is 0. The predicted molar refractivity (Wildman–Crippen MR) is 57.3 cm³/mol. The molecule has 72 valence electrons. The van der Waals surface area contributed by atoms with Crippen LogP contribution < -0.4 is 9.88 Å². The van der Waals surface area contributed by atoms with Gasteiger partial charge in [0.1, 0.15) is 5.75 Å². The maximum atomic E-state index is 5.52. The second-order valence-corrected chi connectivity index (χ2v) is 3.57. The molecule has 0 aromatic heterocycles.